The minimum atomic E-state index is -0.475. The maximum Gasteiger partial charge on any atom is 0.242 e. The van der Waals surface area contributed by atoms with Gasteiger partial charge >= 0.3 is 0 Å². The highest BCUT2D eigenvalue weighted by molar-refractivity contribution is 5.88. The van der Waals surface area contributed by atoms with Crippen molar-refractivity contribution in [2.24, 2.45) is 5.92 Å². The molecule has 4 heteroatoms. The molecule has 0 saturated carbocycles. The van der Waals surface area contributed by atoms with E-state index in [0.717, 1.165) is 16.7 Å². The standard InChI is InChI=1S/C24H32N2O2/c1-5-22(24(28)25-16-18(2)3)26(17-21-9-7-6-8-10-21)23(27)15-20-13-11-19(4)12-14-20/h6-14,18,22H,5,15-17H2,1-4H3,(H,25,28). The Labute approximate surface area is 169 Å². The predicted octanol–water partition coefficient (Wildman–Crippen LogP) is 4.12. The van der Waals surface area contributed by atoms with Crippen LogP contribution in [0.25, 0.3) is 0 Å². The molecule has 2 amide bonds. The SMILES string of the molecule is CCC(C(=O)NCC(C)C)N(Cc1ccccc1)C(=O)Cc1ccc(C)cc1. The average molecular weight is 381 g/mol. The topological polar surface area (TPSA) is 49.4 Å². The van der Waals surface area contributed by atoms with Crippen LogP contribution < -0.4 is 5.32 Å². The monoisotopic (exact) mass is 380 g/mol. The smallest absolute Gasteiger partial charge is 0.242 e. The fourth-order valence-electron chi connectivity index (χ4n) is 3.10. The van der Waals surface area contributed by atoms with Gasteiger partial charge in [0.15, 0.2) is 0 Å². The minimum Gasteiger partial charge on any atom is -0.354 e. The van der Waals surface area contributed by atoms with Crippen LogP contribution in [0.2, 0.25) is 0 Å². The number of rotatable bonds is 9. The summed E-state index contributed by atoms with van der Waals surface area (Å²) in [5.41, 5.74) is 3.15. The van der Waals surface area contributed by atoms with Crippen LogP contribution in [0.15, 0.2) is 54.6 Å². The normalized spacial score (nSPS) is 11.9. The van der Waals surface area contributed by atoms with Crippen molar-refractivity contribution in [3.63, 3.8) is 0 Å². The van der Waals surface area contributed by atoms with Crippen molar-refractivity contribution in [2.75, 3.05) is 6.54 Å². The number of carbonyl (C=O) groups excluding carboxylic acids is 2. The molecule has 0 aliphatic carbocycles. The number of hydrogen-bond donors (Lipinski definition) is 1. The lowest BCUT2D eigenvalue weighted by Crippen LogP contribution is -2.50. The molecule has 0 radical (unpaired) electrons. The van der Waals surface area contributed by atoms with Gasteiger partial charge < -0.3 is 10.2 Å². The van der Waals surface area contributed by atoms with Crippen LogP contribution in [-0.2, 0) is 22.6 Å². The van der Waals surface area contributed by atoms with E-state index in [1.54, 1.807) is 4.90 Å². The van der Waals surface area contributed by atoms with Crippen molar-refractivity contribution in [3.8, 4) is 0 Å². The summed E-state index contributed by atoms with van der Waals surface area (Å²) in [7, 11) is 0. The Hall–Kier alpha value is -2.62. The fourth-order valence-corrected chi connectivity index (χ4v) is 3.10. The van der Waals surface area contributed by atoms with Crippen molar-refractivity contribution in [1.82, 2.24) is 10.2 Å². The first-order valence-electron chi connectivity index (χ1n) is 10.1. The number of amides is 2. The summed E-state index contributed by atoms with van der Waals surface area (Å²) in [4.78, 5) is 27.7. The van der Waals surface area contributed by atoms with Gasteiger partial charge in [-0.3, -0.25) is 9.59 Å². The van der Waals surface area contributed by atoms with E-state index in [1.807, 2.05) is 68.4 Å². The van der Waals surface area contributed by atoms with E-state index >= 15 is 0 Å². The fraction of sp³-hybridized carbons (Fsp3) is 0.417. The van der Waals surface area contributed by atoms with E-state index in [0.29, 0.717) is 31.8 Å². The lowest BCUT2D eigenvalue weighted by Gasteiger charge is -2.31. The molecule has 0 aliphatic heterocycles. The van der Waals surface area contributed by atoms with Gasteiger partial charge in [0.2, 0.25) is 11.8 Å². The molecular weight excluding hydrogens is 348 g/mol. The van der Waals surface area contributed by atoms with Crippen LogP contribution in [0, 0.1) is 12.8 Å². The van der Waals surface area contributed by atoms with Gasteiger partial charge in [0.25, 0.3) is 0 Å². The molecule has 1 N–H and O–H groups in total. The maximum absolute atomic E-state index is 13.2. The van der Waals surface area contributed by atoms with Gasteiger partial charge in [-0.1, -0.05) is 80.9 Å². The molecule has 1 unspecified atom stereocenters. The van der Waals surface area contributed by atoms with E-state index in [1.165, 1.54) is 0 Å². The molecule has 0 spiro atoms. The van der Waals surface area contributed by atoms with Crippen molar-refractivity contribution < 1.29 is 9.59 Å². The van der Waals surface area contributed by atoms with Crippen LogP contribution in [-0.4, -0.2) is 29.3 Å². The Balaban J connectivity index is 2.22. The van der Waals surface area contributed by atoms with Gasteiger partial charge in [-0.15, -0.1) is 0 Å². The summed E-state index contributed by atoms with van der Waals surface area (Å²) >= 11 is 0. The Morgan fingerprint density at radius 2 is 1.61 bits per heavy atom. The molecule has 2 rings (SSSR count). The van der Waals surface area contributed by atoms with Gasteiger partial charge in [0, 0.05) is 13.1 Å². The molecule has 1 atom stereocenters. The average Bonchev–Trinajstić information content (AvgIpc) is 2.68. The third kappa shape index (κ3) is 6.52. The van der Waals surface area contributed by atoms with Crippen molar-refractivity contribution in [2.45, 2.75) is 53.1 Å². The summed E-state index contributed by atoms with van der Waals surface area (Å²) in [6.45, 7) is 9.15. The number of carbonyl (C=O) groups is 2. The quantitative estimate of drug-likeness (QED) is 0.711. The van der Waals surface area contributed by atoms with Crippen LogP contribution in [0.1, 0.15) is 43.9 Å². The summed E-state index contributed by atoms with van der Waals surface area (Å²) in [6.07, 6.45) is 0.872. The number of nitrogens with zero attached hydrogens (tertiary/aromatic N) is 1. The largest absolute Gasteiger partial charge is 0.354 e. The Morgan fingerprint density at radius 3 is 2.18 bits per heavy atom. The zero-order valence-corrected chi connectivity index (χ0v) is 17.4. The zero-order chi connectivity index (χ0) is 20.5. The summed E-state index contributed by atoms with van der Waals surface area (Å²) in [5, 5.41) is 2.99. The summed E-state index contributed by atoms with van der Waals surface area (Å²) < 4.78 is 0. The molecule has 2 aromatic carbocycles. The zero-order valence-electron chi connectivity index (χ0n) is 17.4. The summed E-state index contributed by atoms with van der Waals surface area (Å²) in [5.74, 6) is 0.260. The lowest BCUT2D eigenvalue weighted by atomic mass is 10.1. The Bertz CT molecular complexity index is 754. The number of aryl methyl sites for hydroxylation is 1. The first-order valence-corrected chi connectivity index (χ1v) is 10.1. The molecule has 150 valence electrons. The van der Waals surface area contributed by atoms with Gasteiger partial charge in [-0.2, -0.15) is 0 Å². The molecule has 0 aromatic heterocycles. The van der Waals surface area contributed by atoms with E-state index < -0.39 is 6.04 Å². The van der Waals surface area contributed by atoms with E-state index in [9.17, 15) is 9.59 Å². The molecule has 0 aliphatic rings. The number of benzene rings is 2. The van der Waals surface area contributed by atoms with Crippen molar-refractivity contribution >= 4 is 11.8 Å². The second-order valence-electron chi connectivity index (χ2n) is 7.73. The summed E-state index contributed by atoms with van der Waals surface area (Å²) in [6, 6.07) is 17.4. The van der Waals surface area contributed by atoms with Gasteiger partial charge in [-0.05, 0) is 30.4 Å². The van der Waals surface area contributed by atoms with Crippen molar-refractivity contribution in [1.29, 1.82) is 0 Å². The lowest BCUT2D eigenvalue weighted by molar-refractivity contribution is -0.141. The molecule has 2 aromatic rings. The van der Waals surface area contributed by atoms with E-state index in [-0.39, 0.29) is 11.8 Å². The van der Waals surface area contributed by atoms with E-state index in [2.05, 4.69) is 19.2 Å². The van der Waals surface area contributed by atoms with Crippen LogP contribution >= 0.6 is 0 Å². The first-order chi connectivity index (χ1) is 13.4. The van der Waals surface area contributed by atoms with Gasteiger partial charge in [-0.25, -0.2) is 0 Å². The second-order valence-corrected chi connectivity index (χ2v) is 7.73. The molecular formula is C24H32N2O2. The third-order valence-electron chi connectivity index (χ3n) is 4.74. The number of hydrogen-bond acceptors (Lipinski definition) is 2. The van der Waals surface area contributed by atoms with Crippen LogP contribution in [0.5, 0.6) is 0 Å². The second kappa shape index (κ2) is 10.6. The highest BCUT2D eigenvalue weighted by Gasteiger charge is 2.28. The maximum atomic E-state index is 13.2. The molecule has 28 heavy (non-hydrogen) atoms. The molecule has 0 fully saturated rings. The molecule has 0 heterocycles. The van der Waals surface area contributed by atoms with Gasteiger partial charge in [0.05, 0.1) is 6.42 Å². The first kappa shape index (κ1) is 21.7. The molecule has 4 nitrogen and oxygen atoms in total. The minimum absolute atomic E-state index is 0.0285. The van der Waals surface area contributed by atoms with Crippen LogP contribution in [0.4, 0.5) is 0 Å². The molecule has 0 bridgehead atoms. The number of nitrogens with one attached hydrogen (secondary N) is 1. The highest BCUT2D eigenvalue weighted by Crippen LogP contribution is 2.15. The van der Waals surface area contributed by atoms with Gasteiger partial charge in [0.1, 0.15) is 6.04 Å². The molecule has 0 saturated heterocycles. The van der Waals surface area contributed by atoms with Crippen LogP contribution in [0.3, 0.4) is 0 Å². The third-order valence-corrected chi connectivity index (χ3v) is 4.74. The van der Waals surface area contributed by atoms with Crippen molar-refractivity contribution in [3.05, 3.63) is 71.3 Å². The predicted molar refractivity (Wildman–Crippen MR) is 114 cm³/mol. The Kier molecular flexibility index (Phi) is 8.24. The van der Waals surface area contributed by atoms with E-state index in [4.69, 9.17) is 0 Å². The highest BCUT2D eigenvalue weighted by atomic mass is 16.2. The Morgan fingerprint density at radius 1 is 0.964 bits per heavy atom.